The molecule has 98 valence electrons. The summed E-state index contributed by atoms with van der Waals surface area (Å²) in [6, 6.07) is 6.75. The number of esters is 1. The Hall–Kier alpha value is -2.63. The number of hydrogen-bond acceptors (Lipinski definition) is 5. The average molecular weight is 262 g/mol. The summed E-state index contributed by atoms with van der Waals surface area (Å²) in [6.07, 6.45) is 1.44. The molecule has 1 heterocycles. The van der Waals surface area contributed by atoms with Crippen molar-refractivity contribution in [2.24, 2.45) is 0 Å². The molecule has 2 aromatic rings. The fraction of sp³-hybridized carbons (Fsp3) is 0.0769. The second-order valence-electron chi connectivity index (χ2n) is 3.63. The van der Waals surface area contributed by atoms with Crippen LogP contribution < -0.4 is 10.5 Å². The lowest BCUT2D eigenvalue weighted by molar-refractivity contribution is 0.0597. The van der Waals surface area contributed by atoms with E-state index in [9.17, 15) is 9.18 Å². The molecule has 0 amide bonds. The summed E-state index contributed by atoms with van der Waals surface area (Å²) < 4.78 is 23.1. The molecular weight excluding hydrogens is 251 g/mol. The maximum atomic E-state index is 13.1. The second kappa shape index (κ2) is 5.34. The zero-order chi connectivity index (χ0) is 13.8. The average Bonchev–Trinajstić information content (AvgIpc) is 2.42. The zero-order valence-electron chi connectivity index (χ0n) is 10.1. The summed E-state index contributed by atoms with van der Waals surface area (Å²) in [7, 11) is 1.25. The van der Waals surface area contributed by atoms with E-state index in [2.05, 4.69) is 9.72 Å². The summed E-state index contributed by atoms with van der Waals surface area (Å²) in [4.78, 5) is 15.4. The molecule has 2 N–H and O–H groups in total. The Morgan fingerprint density at radius 1 is 1.37 bits per heavy atom. The van der Waals surface area contributed by atoms with Crippen molar-refractivity contribution in [2.45, 2.75) is 0 Å². The van der Waals surface area contributed by atoms with E-state index in [1.54, 1.807) is 6.07 Å². The minimum Gasteiger partial charge on any atom is -0.465 e. The third kappa shape index (κ3) is 2.79. The topological polar surface area (TPSA) is 74.4 Å². The van der Waals surface area contributed by atoms with Gasteiger partial charge in [-0.1, -0.05) is 0 Å². The first-order valence-electron chi connectivity index (χ1n) is 5.38. The third-order valence-corrected chi connectivity index (χ3v) is 2.36. The Balaban J connectivity index is 2.38. The Morgan fingerprint density at radius 2 is 2.16 bits per heavy atom. The quantitative estimate of drug-likeness (QED) is 0.679. The second-order valence-corrected chi connectivity index (χ2v) is 3.63. The van der Waals surface area contributed by atoms with E-state index in [1.165, 1.54) is 31.5 Å². The van der Waals surface area contributed by atoms with E-state index >= 15 is 0 Å². The number of pyridine rings is 1. The number of carbonyl (C=O) groups excluding carboxylic acids is 1. The van der Waals surface area contributed by atoms with Crippen LogP contribution in [0.25, 0.3) is 0 Å². The number of carbonyl (C=O) groups is 1. The molecule has 1 aromatic heterocycles. The van der Waals surface area contributed by atoms with E-state index in [0.29, 0.717) is 0 Å². The largest absolute Gasteiger partial charge is 0.465 e. The number of nitrogens with two attached hydrogens (primary N) is 1. The van der Waals surface area contributed by atoms with Crippen molar-refractivity contribution in [1.29, 1.82) is 0 Å². The minimum atomic E-state index is -0.599. The third-order valence-electron chi connectivity index (χ3n) is 2.36. The van der Waals surface area contributed by atoms with Gasteiger partial charge in [-0.25, -0.2) is 14.2 Å². The van der Waals surface area contributed by atoms with Crippen LogP contribution in [0.5, 0.6) is 11.6 Å². The van der Waals surface area contributed by atoms with Crippen LogP contribution in [0.15, 0.2) is 36.5 Å². The van der Waals surface area contributed by atoms with Crippen LogP contribution in [-0.4, -0.2) is 18.1 Å². The molecule has 0 atom stereocenters. The molecule has 0 bridgehead atoms. The fourth-order valence-corrected chi connectivity index (χ4v) is 1.44. The monoisotopic (exact) mass is 262 g/mol. The smallest absolute Gasteiger partial charge is 0.343 e. The number of rotatable bonds is 3. The summed E-state index contributed by atoms with van der Waals surface area (Å²) >= 11 is 0. The molecule has 6 heteroatoms. The van der Waals surface area contributed by atoms with E-state index in [-0.39, 0.29) is 22.9 Å². The lowest BCUT2D eigenvalue weighted by Crippen LogP contribution is -2.05. The molecule has 19 heavy (non-hydrogen) atoms. The first-order chi connectivity index (χ1) is 9.11. The Morgan fingerprint density at radius 3 is 2.89 bits per heavy atom. The van der Waals surface area contributed by atoms with Crippen LogP contribution in [0.4, 0.5) is 10.1 Å². The molecule has 0 aliphatic carbocycles. The normalized spacial score (nSPS) is 10.0. The predicted molar refractivity (Wildman–Crippen MR) is 66.5 cm³/mol. The molecule has 0 radical (unpaired) electrons. The van der Waals surface area contributed by atoms with Gasteiger partial charge in [0.2, 0.25) is 5.88 Å². The number of hydrogen-bond donors (Lipinski definition) is 1. The standard InChI is InChI=1S/C13H11FN2O3/c1-18-13(17)9-3-2-6-16-12(9)19-11-7-8(14)4-5-10(11)15/h2-7H,15H2,1H3. The molecule has 0 fully saturated rings. The number of aromatic nitrogens is 1. The molecule has 0 saturated heterocycles. The van der Waals surface area contributed by atoms with Crippen LogP contribution in [0.1, 0.15) is 10.4 Å². The predicted octanol–water partition coefficient (Wildman–Crippen LogP) is 2.38. The number of methoxy groups -OCH3 is 1. The van der Waals surface area contributed by atoms with Gasteiger partial charge in [0, 0.05) is 12.3 Å². The van der Waals surface area contributed by atoms with Crippen molar-refractivity contribution in [3.05, 3.63) is 47.9 Å². The minimum absolute atomic E-state index is 0.00616. The van der Waals surface area contributed by atoms with E-state index in [1.807, 2.05) is 0 Å². The number of benzene rings is 1. The highest BCUT2D eigenvalue weighted by Gasteiger charge is 2.15. The first-order valence-corrected chi connectivity index (χ1v) is 5.38. The zero-order valence-corrected chi connectivity index (χ0v) is 10.1. The van der Waals surface area contributed by atoms with Crippen LogP contribution in [0.3, 0.4) is 0 Å². The number of nitrogen functional groups attached to an aromatic ring is 1. The molecule has 0 aliphatic heterocycles. The van der Waals surface area contributed by atoms with Gasteiger partial charge in [-0.05, 0) is 24.3 Å². The SMILES string of the molecule is COC(=O)c1cccnc1Oc1cc(F)ccc1N. The summed E-state index contributed by atoms with van der Waals surface area (Å²) in [5.41, 5.74) is 6.03. The maximum Gasteiger partial charge on any atom is 0.343 e. The summed E-state index contributed by atoms with van der Waals surface area (Å²) in [5.74, 6) is -1.01. The lowest BCUT2D eigenvalue weighted by atomic mass is 10.2. The number of ether oxygens (including phenoxy) is 2. The number of anilines is 1. The van der Waals surface area contributed by atoms with Gasteiger partial charge in [-0.3, -0.25) is 0 Å². The molecular formula is C13H11FN2O3. The summed E-state index contributed by atoms with van der Waals surface area (Å²) in [6.45, 7) is 0. The molecule has 5 nitrogen and oxygen atoms in total. The maximum absolute atomic E-state index is 13.1. The summed E-state index contributed by atoms with van der Waals surface area (Å²) in [5, 5.41) is 0. The highest BCUT2D eigenvalue weighted by Crippen LogP contribution is 2.29. The highest BCUT2D eigenvalue weighted by atomic mass is 19.1. The number of nitrogens with zero attached hydrogens (tertiary/aromatic N) is 1. The first kappa shape index (κ1) is 12.8. The lowest BCUT2D eigenvalue weighted by Gasteiger charge is -2.10. The van der Waals surface area contributed by atoms with Crippen LogP contribution in [-0.2, 0) is 4.74 Å². The van der Waals surface area contributed by atoms with Crippen LogP contribution in [0, 0.1) is 5.82 Å². The van der Waals surface area contributed by atoms with E-state index < -0.39 is 11.8 Å². The van der Waals surface area contributed by atoms with E-state index in [0.717, 1.165) is 6.07 Å². The van der Waals surface area contributed by atoms with Gasteiger partial charge in [0.05, 0.1) is 12.8 Å². The van der Waals surface area contributed by atoms with Gasteiger partial charge in [-0.15, -0.1) is 0 Å². The van der Waals surface area contributed by atoms with Crippen LogP contribution in [0.2, 0.25) is 0 Å². The molecule has 0 saturated carbocycles. The van der Waals surface area contributed by atoms with Gasteiger partial charge < -0.3 is 15.2 Å². The van der Waals surface area contributed by atoms with Gasteiger partial charge >= 0.3 is 5.97 Å². The Bertz CT molecular complexity index is 617. The van der Waals surface area contributed by atoms with Crippen molar-refractivity contribution in [2.75, 3.05) is 12.8 Å². The van der Waals surface area contributed by atoms with Crippen molar-refractivity contribution < 1.29 is 18.7 Å². The Labute approximate surface area is 108 Å². The molecule has 0 aliphatic rings. The van der Waals surface area contributed by atoms with Crippen molar-refractivity contribution in [3.63, 3.8) is 0 Å². The molecule has 0 unspecified atom stereocenters. The van der Waals surface area contributed by atoms with Crippen molar-refractivity contribution >= 4 is 11.7 Å². The van der Waals surface area contributed by atoms with Crippen molar-refractivity contribution in [1.82, 2.24) is 4.98 Å². The van der Waals surface area contributed by atoms with E-state index in [4.69, 9.17) is 10.5 Å². The van der Waals surface area contributed by atoms with Crippen LogP contribution >= 0.6 is 0 Å². The highest BCUT2D eigenvalue weighted by molar-refractivity contribution is 5.91. The Kier molecular flexibility index (Phi) is 3.61. The van der Waals surface area contributed by atoms with Gasteiger partial charge in [0.25, 0.3) is 0 Å². The molecule has 1 aromatic carbocycles. The van der Waals surface area contributed by atoms with Gasteiger partial charge in [-0.2, -0.15) is 0 Å². The van der Waals surface area contributed by atoms with Gasteiger partial charge in [0.15, 0.2) is 5.75 Å². The number of halogens is 1. The van der Waals surface area contributed by atoms with Gasteiger partial charge in [0.1, 0.15) is 11.4 Å². The molecule has 2 rings (SSSR count). The fourth-order valence-electron chi connectivity index (χ4n) is 1.44. The molecule has 0 spiro atoms. The van der Waals surface area contributed by atoms with Crippen molar-refractivity contribution in [3.8, 4) is 11.6 Å².